The summed E-state index contributed by atoms with van der Waals surface area (Å²) in [6.45, 7) is 3.94. The second-order valence-electron chi connectivity index (χ2n) is 4.85. The number of para-hydroxylation sites is 2. The third-order valence-electron chi connectivity index (χ3n) is 3.51. The number of alkyl halides is 1. The third kappa shape index (κ3) is 2.63. The van der Waals surface area contributed by atoms with E-state index in [1.54, 1.807) is 11.3 Å². The maximum absolute atomic E-state index is 5.85. The van der Waals surface area contributed by atoms with Crippen molar-refractivity contribution in [1.82, 2.24) is 4.98 Å². The fraction of sp³-hybridized carbons (Fsp3) is 0.400. The zero-order chi connectivity index (χ0) is 13.9. The summed E-state index contributed by atoms with van der Waals surface area (Å²) >= 11 is 7.53. The molecule has 1 atom stereocenters. The number of halogens is 1. The Morgan fingerprint density at radius 1 is 1.45 bits per heavy atom. The van der Waals surface area contributed by atoms with E-state index in [4.69, 9.17) is 16.3 Å². The smallest absolute Gasteiger partial charge is 0.142 e. The zero-order valence-corrected chi connectivity index (χ0v) is 13.0. The number of ether oxygens (including phenoxy) is 1. The predicted octanol–water partition coefficient (Wildman–Crippen LogP) is 4.23. The van der Waals surface area contributed by atoms with Crippen molar-refractivity contribution >= 4 is 28.6 Å². The van der Waals surface area contributed by atoms with E-state index in [2.05, 4.69) is 28.9 Å². The van der Waals surface area contributed by atoms with Gasteiger partial charge in [-0.1, -0.05) is 12.1 Å². The van der Waals surface area contributed by atoms with Gasteiger partial charge in [-0.25, -0.2) is 4.98 Å². The SMILES string of the molecule is CC(c1nc(CCl)cs1)N1CCCOc2ccccc21. The van der Waals surface area contributed by atoms with E-state index in [0.29, 0.717) is 5.88 Å². The first-order chi connectivity index (χ1) is 9.79. The molecule has 2 aromatic rings. The first-order valence-electron chi connectivity index (χ1n) is 6.78. The summed E-state index contributed by atoms with van der Waals surface area (Å²) in [6, 6.07) is 8.46. The fourth-order valence-corrected chi connectivity index (χ4v) is 3.58. The Morgan fingerprint density at radius 3 is 3.10 bits per heavy atom. The number of hydrogen-bond acceptors (Lipinski definition) is 4. The van der Waals surface area contributed by atoms with E-state index in [-0.39, 0.29) is 6.04 Å². The van der Waals surface area contributed by atoms with E-state index < -0.39 is 0 Å². The van der Waals surface area contributed by atoms with Gasteiger partial charge >= 0.3 is 0 Å². The van der Waals surface area contributed by atoms with Crippen LogP contribution in [0.25, 0.3) is 0 Å². The quantitative estimate of drug-likeness (QED) is 0.793. The van der Waals surface area contributed by atoms with Gasteiger partial charge in [-0.15, -0.1) is 22.9 Å². The van der Waals surface area contributed by atoms with Crippen molar-refractivity contribution in [3.05, 3.63) is 40.3 Å². The molecule has 0 amide bonds. The number of rotatable bonds is 3. The summed E-state index contributed by atoms with van der Waals surface area (Å²) in [4.78, 5) is 6.99. The molecule has 20 heavy (non-hydrogen) atoms. The Hall–Kier alpha value is -1.26. The average Bonchev–Trinajstić information content (AvgIpc) is 2.86. The molecule has 0 saturated heterocycles. The van der Waals surface area contributed by atoms with Gasteiger partial charge in [0.1, 0.15) is 10.8 Å². The van der Waals surface area contributed by atoms with E-state index >= 15 is 0 Å². The summed E-state index contributed by atoms with van der Waals surface area (Å²) in [7, 11) is 0. The molecule has 106 valence electrons. The Bertz CT molecular complexity index is 587. The Labute approximate surface area is 128 Å². The molecule has 3 rings (SSSR count). The predicted molar refractivity (Wildman–Crippen MR) is 84.0 cm³/mol. The van der Waals surface area contributed by atoms with Crippen LogP contribution >= 0.6 is 22.9 Å². The van der Waals surface area contributed by atoms with Gasteiger partial charge in [0, 0.05) is 11.9 Å². The molecular formula is C15H17ClN2OS. The minimum absolute atomic E-state index is 0.236. The molecule has 1 aliphatic rings. The molecule has 1 aliphatic heterocycles. The van der Waals surface area contributed by atoms with Crippen LogP contribution in [0.4, 0.5) is 5.69 Å². The van der Waals surface area contributed by atoms with Gasteiger partial charge in [-0.2, -0.15) is 0 Å². The lowest BCUT2D eigenvalue weighted by molar-refractivity contribution is 0.322. The monoisotopic (exact) mass is 308 g/mol. The highest BCUT2D eigenvalue weighted by Crippen LogP contribution is 2.36. The number of benzene rings is 1. The standard InChI is InChI=1S/C15H17ClN2OS/c1-11(15-17-12(9-16)10-20-15)18-7-4-8-19-14-6-3-2-5-13(14)18/h2-3,5-6,10-11H,4,7-9H2,1H3. The largest absolute Gasteiger partial charge is 0.491 e. The molecule has 3 nitrogen and oxygen atoms in total. The van der Waals surface area contributed by atoms with Crippen LogP contribution in [0, 0.1) is 0 Å². The van der Waals surface area contributed by atoms with Crippen LogP contribution in [0.1, 0.15) is 30.1 Å². The maximum Gasteiger partial charge on any atom is 0.142 e. The minimum Gasteiger partial charge on any atom is -0.491 e. The Morgan fingerprint density at radius 2 is 2.30 bits per heavy atom. The molecule has 2 heterocycles. The van der Waals surface area contributed by atoms with E-state index in [1.165, 1.54) is 0 Å². The second kappa shape index (κ2) is 6.02. The lowest BCUT2D eigenvalue weighted by atomic mass is 10.2. The molecule has 0 aliphatic carbocycles. The van der Waals surface area contributed by atoms with Crippen LogP contribution in [-0.2, 0) is 5.88 Å². The molecular weight excluding hydrogens is 292 g/mol. The lowest BCUT2D eigenvalue weighted by Crippen LogP contribution is -2.27. The normalized spacial score (nSPS) is 16.2. The summed E-state index contributed by atoms with van der Waals surface area (Å²) in [5.74, 6) is 1.44. The van der Waals surface area contributed by atoms with Crippen molar-refractivity contribution < 1.29 is 4.74 Å². The highest BCUT2D eigenvalue weighted by atomic mass is 35.5. The van der Waals surface area contributed by atoms with Crippen molar-refractivity contribution in [2.75, 3.05) is 18.1 Å². The molecule has 1 aromatic carbocycles. The van der Waals surface area contributed by atoms with Gasteiger partial charge < -0.3 is 9.64 Å². The van der Waals surface area contributed by atoms with E-state index in [9.17, 15) is 0 Å². The van der Waals surface area contributed by atoms with Crippen LogP contribution in [0.3, 0.4) is 0 Å². The van der Waals surface area contributed by atoms with Crippen molar-refractivity contribution in [2.24, 2.45) is 0 Å². The highest BCUT2D eigenvalue weighted by molar-refractivity contribution is 7.09. The lowest BCUT2D eigenvalue weighted by Gasteiger charge is -2.29. The first-order valence-corrected chi connectivity index (χ1v) is 8.19. The van der Waals surface area contributed by atoms with Gasteiger partial charge in [0.2, 0.25) is 0 Å². The second-order valence-corrected chi connectivity index (χ2v) is 6.01. The summed E-state index contributed by atoms with van der Waals surface area (Å²) < 4.78 is 5.81. The molecule has 1 aromatic heterocycles. The first kappa shape index (κ1) is 13.7. The molecule has 0 saturated carbocycles. The number of aromatic nitrogens is 1. The van der Waals surface area contributed by atoms with Crippen LogP contribution in [-0.4, -0.2) is 18.1 Å². The van der Waals surface area contributed by atoms with Crippen molar-refractivity contribution in [2.45, 2.75) is 25.3 Å². The Balaban J connectivity index is 1.92. The van der Waals surface area contributed by atoms with Crippen molar-refractivity contribution in [3.63, 3.8) is 0 Å². The average molecular weight is 309 g/mol. The van der Waals surface area contributed by atoms with Crippen LogP contribution < -0.4 is 9.64 Å². The molecule has 0 radical (unpaired) electrons. The van der Waals surface area contributed by atoms with Gasteiger partial charge in [0.05, 0.1) is 29.9 Å². The van der Waals surface area contributed by atoms with Crippen molar-refractivity contribution in [3.8, 4) is 5.75 Å². The molecule has 0 spiro atoms. The highest BCUT2D eigenvalue weighted by Gasteiger charge is 2.23. The van der Waals surface area contributed by atoms with Crippen LogP contribution in [0.5, 0.6) is 5.75 Å². The van der Waals surface area contributed by atoms with Gasteiger partial charge in [-0.3, -0.25) is 0 Å². The van der Waals surface area contributed by atoms with Gasteiger partial charge in [0.15, 0.2) is 0 Å². The van der Waals surface area contributed by atoms with Gasteiger partial charge in [0.25, 0.3) is 0 Å². The number of fused-ring (bicyclic) bond motifs is 1. The summed E-state index contributed by atoms with van der Waals surface area (Å²) in [5.41, 5.74) is 2.11. The number of anilines is 1. The van der Waals surface area contributed by atoms with Gasteiger partial charge in [-0.05, 0) is 25.5 Å². The Kier molecular flexibility index (Phi) is 4.13. The number of nitrogens with zero attached hydrogens (tertiary/aromatic N) is 2. The fourth-order valence-electron chi connectivity index (χ4n) is 2.47. The molecule has 5 heteroatoms. The van der Waals surface area contributed by atoms with Crippen molar-refractivity contribution in [1.29, 1.82) is 0 Å². The number of thiazole rings is 1. The summed E-state index contributed by atoms with van der Waals surface area (Å²) in [5, 5.41) is 3.15. The van der Waals surface area contributed by atoms with Crippen LogP contribution in [0.15, 0.2) is 29.6 Å². The molecule has 0 bridgehead atoms. The van der Waals surface area contributed by atoms with E-state index in [1.807, 2.05) is 17.5 Å². The molecule has 0 N–H and O–H groups in total. The van der Waals surface area contributed by atoms with Crippen LogP contribution in [0.2, 0.25) is 0 Å². The maximum atomic E-state index is 5.85. The van der Waals surface area contributed by atoms with E-state index in [0.717, 1.165) is 41.7 Å². The molecule has 1 unspecified atom stereocenters. The summed E-state index contributed by atoms with van der Waals surface area (Å²) in [6.07, 6.45) is 1.02. The molecule has 0 fully saturated rings. The minimum atomic E-state index is 0.236. The number of hydrogen-bond donors (Lipinski definition) is 0. The zero-order valence-electron chi connectivity index (χ0n) is 11.4. The topological polar surface area (TPSA) is 25.4 Å². The third-order valence-corrected chi connectivity index (χ3v) is 4.84.